The van der Waals surface area contributed by atoms with Gasteiger partial charge in [0.05, 0.1) is 24.2 Å². The molecule has 156 valence electrons. The zero-order valence-electron chi connectivity index (χ0n) is 17.1. The molecule has 0 aliphatic carbocycles. The summed E-state index contributed by atoms with van der Waals surface area (Å²) in [5.41, 5.74) is 1.00. The van der Waals surface area contributed by atoms with Crippen LogP contribution in [-0.2, 0) is 9.53 Å². The number of nitrogens with zero attached hydrogens (tertiary/aromatic N) is 3. The summed E-state index contributed by atoms with van der Waals surface area (Å²) < 4.78 is 4.96. The van der Waals surface area contributed by atoms with E-state index in [2.05, 4.69) is 0 Å². The van der Waals surface area contributed by atoms with Crippen molar-refractivity contribution in [1.82, 2.24) is 14.7 Å². The van der Waals surface area contributed by atoms with Crippen molar-refractivity contribution in [3.05, 3.63) is 34.9 Å². The normalized spacial score (nSPS) is 17.0. The molecule has 1 saturated heterocycles. The minimum Gasteiger partial charge on any atom is -0.384 e. The van der Waals surface area contributed by atoms with E-state index >= 15 is 0 Å². The van der Waals surface area contributed by atoms with E-state index in [-0.39, 0.29) is 35.2 Å². The zero-order chi connectivity index (χ0) is 21.1. The quantitative estimate of drug-likeness (QED) is 0.696. The lowest BCUT2D eigenvalue weighted by Crippen LogP contribution is -2.37. The second kappa shape index (κ2) is 8.73. The number of methoxy groups -OCH3 is 1. The second-order valence-electron chi connectivity index (χ2n) is 7.60. The van der Waals surface area contributed by atoms with Gasteiger partial charge in [-0.25, -0.2) is 0 Å². The van der Waals surface area contributed by atoms with Gasteiger partial charge in [-0.1, -0.05) is 0 Å². The molecule has 0 unspecified atom stereocenters. The molecule has 0 bridgehead atoms. The Hall–Kier alpha value is -2.74. The van der Waals surface area contributed by atoms with E-state index in [0.717, 1.165) is 0 Å². The van der Waals surface area contributed by atoms with Crippen molar-refractivity contribution in [2.75, 3.05) is 39.9 Å². The first-order valence-corrected chi connectivity index (χ1v) is 9.93. The van der Waals surface area contributed by atoms with Gasteiger partial charge in [0.15, 0.2) is 0 Å². The molecule has 0 atom stereocenters. The average Bonchev–Trinajstić information content (AvgIpc) is 2.86. The summed E-state index contributed by atoms with van der Waals surface area (Å²) in [5, 5.41) is 0. The molecule has 0 spiro atoms. The third kappa shape index (κ3) is 4.17. The van der Waals surface area contributed by atoms with Crippen LogP contribution in [0.25, 0.3) is 0 Å². The first kappa shape index (κ1) is 21.0. The topological polar surface area (TPSA) is 87.2 Å². The Morgan fingerprint density at radius 3 is 2.34 bits per heavy atom. The molecule has 0 N–H and O–H groups in total. The predicted octanol–water partition coefficient (Wildman–Crippen LogP) is 1.40. The molecular weight excluding hydrogens is 374 g/mol. The fourth-order valence-electron chi connectivity index (χ4n) is 3.76. The van der Waals surface area contributed by atoms with Crippen LogP contribution in [0.1, 0.15) is 57.8 Å². The van der Waals surface area contributed by atoms with Gasteiger partial charge in [0.1, 0.15) is 0 Å². The maximum Gasteiger partial charge on any atom is 0.261 e. The summed E-state index contributed by atoms with van der Waals surface area (Å²) in [6.45, 7) is 5.99. The molecule has 1 fully saturated rings. The molecule has 29 heavy (non-hydrogen) atoms. The number of ether oxygens (including phenoxy) is 1. The number of carbonyl (C=O) groups excluding carboxylic acids is 4. The van der Waals surface area contributed by atoms with Crippen LogP contribution >= 0.6 is 0 Å². The number of amides is 4. The molecule has 3 rings (SSSR count). The first-order chi connectivity index (χ1) is 13.8. The van der Waals surface area contributed by atoms with Gasteiger partial charge in [0.25, 0.3) is 17.7 Å². The Morgan fingerprint density at radius 2 is 1.66 bits per heavy atom. The lowest BCUT2D eigenvalue weighted by atomic mass is 10.0. The van der Waals surface area contributed by atoms with Crippen LogP contribution in [0.15, 0.2) is 18.2 Å². The standard InChI is InChI=1S/C21H27N3O5/c1-14(2)24-20(27)16-6-5-15(13-17(16)21(24)28)19(26)23-9-4-8-22(10-11-23)18(25)7-12-29-3/h5-6,13-14H,4,7-12H2,1-3H3. The van der Waals surface area contributed by atoms with Gasteiger partial charge in [-0.15, -0.1) is 0 Å². The van der Waals surface area contributed by atoms with Gasteiger partial charge in [0.2, 0.25) is 5.91 Å². The van der Waals surface area contributed by atoms with Gasteiger partial charge in [-0.3, -0.25) is 24.1 Å². The van der Waals surface area contributed by atoms with Crippen molar-refractivity contribution >= 4 is 23.6 Å². The number of imide groups is 1. The van der Waals surface area contributed by atoms with Crippen LogP contribution in [0.3, 0.4) is 0 Å². The van der Waals surface area contributed by atoms with Crippen molar-refractivity contribution in [3.63, 3.8) is 0 Å². The molecule has 2 aliphatic rings. The first-order valence-electron chi connectivity index (χ1n) is 9.93. The molecule has 1 aromatic rings. The maximum absolute atomic E-state index is 13.0. The SMILES string of the molecule is COCCC(=O)N1CCCN(C(=O)c2ccc3c(c2)C(=O)N(C(C)C)C3=O)CC1. The van der Waals surface area contributed by atoms with Crippen LogP contribution in [-0.4, -0.2) is 84.3 Å². The molecule has 2 aliphatic heterocycles. The lowest BCUT2D eigenvalue weighted by Gasteiger charge is -2.22. The molecule has 4 amide bonds. The van der Waals surface area contributed by atoms with Crippen LogP contribution in [0.5, 0.6) is 0 Å². The molecule has 8 nitrogen and oxygen atoms in total. The highest BCUT2D eigenvalue weighted by atomic mass is 16.5. The number of hydrogen-bond donors (Lipinski definition) is 0. The van der Waals surface area contributed by atoms with Gasteiger partial charge < -0.3 is 14.5 Å². The molecule has 0 radical (unpaired) electrons. The summed E-state index contributed by atoms with van der Waals surface area (Å²) in [4.78, 5) is 54.9. The summed E-state index contributed by atoms with van der Waals surface area (Å²) in [6, 6.07) is 4.44. The van der Waals surface area contributed by atoms with Crippen LogP contribution in [0.2, 0.25) is 0 Å². The minimum atomic E-state index is -0.361. The monoisotopic (exact) mass is 401 g/mol. The number of carbonyl (C=O) groups is 4. The Balaban J connectivity index is 1.71. The Bertz CT molecular complexity index is 836. The lowest BCUT2D eigenvalue weighted by molar-refractivity contribution is -0.132. The summed E-state index contributed by atoms with van der Waals surface area (Å²) >= 11 is 0. The Labute approximate surface area is 170 Å². The third-order valence-corrected chi connectivity index (χ3v) is 5.34. The van der Waals surface area contributed by atoms with E-state index in [9.17, 15) is 19.2 Å². The van der Waals surface area contributed by atoms with Crippen molar-refractivity contribution in [2.24, 2.45) is 0 Å². The summed E-state index contributed by atoms with van der Waals surface area (Å²) in [5.74, 6) is -0.849. The smallest absolute Gasteiger partial charge is 0.261 e. The van der Waals surface area contributed by atoms with E-state index in [4.69, 9.17) is 4.74 Å². The molecule has 1 aromatic carbocycles. The van der Waals surface area contributed by atoms with E-state index in [1.165, 1.54) is 11.0 Å². The molecule has 8 heteroatoms. The average molecular weight is 401 g/mol. The minimum absolute atomic E-state index is 0.0246. The van der Waals surface area contributed by atoms with Crippen LogP contribution in [0, 0.1) is 0 Å². The molecule has 2 heterocycles. The number of fused-ring (bicyclic) bond motifs is 1. The number of rotatable bonds is 5. The number of benzene rings is 1. The van der Waals surface area contributed by atoms with E-state index < -0.39 is 0 Å². The second-order valence-corrected chi connectivity index (χ2v) is 7.60. The van der Waals surface area contributed by atoms with E-state index in [1.54, 1.807) is 42.9 Å². The van der Waals surface area contributed by atoms with Crippen LogP contribution in [0.4, 0.5) is 0 Å². The van der Waals surface area contributed by atoms with Gasteiger partial charge in [0, 0.05) is 44.9 Å². The van der Waals surface area contributed by atoms with E-state index in [0.29, 0.717) is 56.8 Å². The largest absolute Gasteiger partial charge is 0.384 e. The Kier molecular flexibility index (Phi) is 6.32. The number of hydrogen-bond acceptors (Lipinski definition) is 5. The fourth-order valence-corrected chi connectivity index (χ4v) is 3.76. The summed E-state index contributed by atoms with van der Waals surface area (Å²) in [7, 11) is 1.56. The molecule has 0 aromatic heterocycles. The third-order valence-electron chi connectivity index (χ3n) is 5.34. The summed E-state index contributed by atoms with van der Waals surface area (Å²) in [6.07, 6.45) is 1.02. The van der Waals surface area contributed by atoms with Gasteiger partial charge >= 0.3 is 0 Å². The maximum atomic E-state index is 13.0. The fraction of sp³-hybridized carbons (Fsp3) is 0.524. The molecule has 0 saturated carbocycles. The van der Waals surface area contributed by atoms with Gasteiger partial charge in [-0.05, 0) is 38.5 Å². The van der Waals surface area contributed by atoms with Crippen molar-refractivity contribution in [2.45, 2.75) is 32.7 Å². The van der Waals surface area contributed by atoms with Crippen molar-refractivity contribution in [3.8, 4) is 0 Å². The zero-order valence-corrected chi connectivity index (χ0v) is 17.1. The highest BCUT2D eigenvalue weighted by Gasteiger charge is 2.37. The van der Waals surface area contributed by atoms with E-state index in [1.807, 2.05) is 0 Å². The van der Waals surface area contributed by atoms with Gasteiger partial charge in [-0.2, -0.15) is 0 Å². The van der Waals surface area contributed by atoms with Crippen molar-refractivity contribution in [1.29, 1.82) is 0 Å². The highest BCUT2D eigenvalue weighted by Crippen LogP contribution is 2.26. The Morgan fingerprint density at radius 1 is 1.00 bits per heavy atom. The van der Waals surface area contributed by atoms with Crippen LogP contribution < -0.4 is 0 Å². The highest BCUT2D eigenvalue weighted by molar-refractivity contribution is 6.22. The molecular formula is C21H27N3O5. The van der Waals surface area contributed by atoms with Crippen molar-refractivity contribution < 1.29 is 23.9 Å². The predicted molar refractivity (Wildman–Crippen MR) is 106 cm³/mol.